The number of benzene rings is 1. The summed E-state index contributed by atoms with van der Waals surface area (Å²) in [5.41, 5.74) is 7.49. The van der Waals surface area contributed by atoms with Crippen LogP contribution >= 0.6 is 15.9 Å². The number of halogens is 1. The van der Waals surface area contributed by atoms with Crippen LogP contribution in [0.1, 0.15) is 22.3 Å². The second-order valence-electron chi connectivity index (χ2n) is 3.99. The van der Waals surface area contributed by atoms with E-state index < -0.39 is 0 Å². The molecule has 0 unspecified atom stereocenters. The maximum absolute atomic E-state index is 12.2. The van der Waals surface area contributed by atoms with Crippen LogP contribution in [0.15, 0.2) is 22.7 Å². The SMILES string of the molecule is NCCN1CCCc2ccc(Br)cc2C1=O. The van der Waals surface area contributed by atoms with Crippen molar-refractivity contribution >= 4 is 21.8 Å². The van der Waals surface area contributed by atoms with Crippen LogP contribution in [0, 0.1) is 0 Å². The molecule has 2 rings (SSSR count). The Morgan fingerprint density at radius 3 is 3.00 bits per heavy atom. The van der Waals surface area contributed by atoms with Crippen molar-refractivity contribution in [3.8, 4) is 0 Å². The number of amides is 1. The Balaban J connectivity index is 2.35. The third-order valence-corrected chi connectivity index (χ3v) is 3.36. The van der Waals surface area contributed by atoms with Gasteiger partial charge in [-0.1, -0.05) is 22.0 Å². The van der Waals surface area contributed by atoms with Crippen molar-refractivity contribution in [2.24, 2.45) is 5.73 Å². The zero-order chi connectivity index (χ0) is 11.5. The van der Waals surface area contributed by atoms with Crippen molar-refractivity contribution in [2.75, 3.05) is 19.6 Å². The number of carbonyl (C=O) groups excluding carboxylic acids is 1. The molecule has 0 saturated heterocycles. The van der Waals surface area contributed by atoms with Gasteiger partial charge < -0.3 is 10.6 Å². The summed E-state index contributed by atoms with van der Waals surface area (Å²) < 4.78 is 0.953. The number of nitrogens with zero attached hydrogens (tertiary/aromatic N) is 1. The van der Waals surface area contributed by atoms with Crippen LogP contribution in [-0.4, -0.2) is 30.4 Å². The fourth-order valence-corrected chi connectivity index (χ4v) is 2.43. The van der Waals surface area contributed by atoms with Gasteiger partial charge in [-0.25, -0.2) is 0 Å². The molecule has 16 heavy (non-hydrogen) atoms. The van der Waals surface area contributed by atoms with Crippen molar-refractivity contribution in [3.63, 3.8) is 0 Å². The summed E-state index contributed by atoms with van der Waals surface area (Å²) in [4.78, 5) is 14.1. The summed E-state index contributed by atoms with van der Waals surface area (Å²) in [5, 5.41) is 0. The summed E-state index contributed by atoms with van der Waals surface area (Å²) in [6.45, 7) is 1.97. The maximum atomic E-state index is 12.2. The molecule has 1 amide bonds. The zero-order valence-electron chi connectivity index (χ0n) is 9.08. The molecule has 0 bridgehead atoms. The Morgan fingerprint density at radius 2 is 2.25 bits per heavy atom. The fourth-order valence-electron chi connectivity index (χ4n) is 2.07. The summed E-state index contributed by atoms with van der Waals surface area (Å²) in [7, 11) is 0. The van der Waals surface area contributed by atoms with Gasteiger partial charge in [0.1, 0.15) is 0 Å². The first-order valence-electron chi connectivity index (χ1n) is 5.50. The first-order valence-corrected chi connectivity index (χ1v) is 6.29. The van der Waals surface area contributed by atoms with Gasteiger partial charge >= 0.3 is 0 Å². The van der Waals surface area contributed by atoms with E-state index in [1.54, 1.807) is 0 Å². The maximum Gasteiger partial charge on any atom is 0.254 e. The fraction of sp³-hybridized carbons (Fsp3) is 0.417. The van der Waals surface area contributed by atoms with Crippen LogP contribution < -0.4 is 5.73 Å². The van der Waals surface area contributed by atoms with Crippen molar-refractivity contribution in [2.45, 2.75) is 12.8 Å². The highest BCUT2D eigenvalue weighted by Gasteiger charge is 2.21. The molecule has 0 atom stereocenters. The summed E-state index contributed by atoms with van der Waals surface area (Å²) in [6.07, 6.45) is 1.98. The summed E-state index contributed by atoms with van der Waals surface area (Å²) >= 11 is 3.41. The van der Waals surface area contributed by atoms with E-state index in [-0.39, 0.29) is 5.91 Å². The van der Waals surface area contributed by atoms with E-state index >= 15 is 0 Å². The smallest absolute Gasteiger partial charge is 0.254 e. The molecule has 0 radical (unpaired) electrons. The number of carbonyl (C=O) groups is 1. The van der Waals surface area contributed by atoms with Gasteiger partial charge in [0.2, 0.25) is 0 Å². The van der Waals surface area contributed by atoms with Crippen LogP contribution in [0.5, 0.6) is 0 Å². The lowest BCUT2D eigenvalue weighted by Crippen LogP contribution is -2.35. The Morgan fingerprint density at radius 1 is 1.44 bits per heavy atom. The van der Waals surface area contributed by atoms with Gasteiger partial charge in [0.05, 0.1) is 0 Å². The molecular weight excluding hydrogens is 268 g/mol. The molecular formula is C12H15BrN2O. The van der Waals surface area contributed by atoms with E-state index in [0.717, 1.165) is 35.0 Å². The van der Waals surface area contributed by atoms with Crippen molar-refractivity contribution < 1.29 is 4.79 Å². The Kier molecular flexibility index (Phi) is 3.61. The van der Waals surface area contributed by atoms with Crippen LogP contribution in [0.3, 0.4) is 0 Å². The largest absolute Gasteiger partial charge is 0.337 e. The van der Waals surface area contributed by atoms with Gasteiger partial charge in [-0.3, -0.25) is 4.79 Å². The van der Waals surface area contributed by atoms with E-state index in [0.29, 0.717) is 13.1 Å². The standard InChI is InChI=1S/C12H15BrN2O/c13-10-4-3-9-2-1-6-15(7-5-14)12(16)11(9)8-10/h3-4,8H,1-2,5-7,14H2. The zero-order valence-corrected chi connectivity index (χ0v) is 10.7. The number of fused-ring (bicyclic) bond motifs is 1. The Labute approximate surface area is 104 Å². The average molecular weight is 283 g/mol. The second kappa shape index (κ2) is 4.97. The van der Waals surface area contributed by atoms with E-state index in [2.05, 4.69) is 15.9 Å². The van der Waals surface area contributed by atoms with Crippen LogP contribution in [0.2, 0.25) is 0 Å². The lowest BCUT2D eigenvalue weighted by Gasteiger charge is -2.19. The quantitative estimate of drug-likeness (QED) is 0.899. The number of rotatable bonds is 2. The lowest BCUT2D eigenvalue weighted by molar-refractivity contribution is 0.0765. The molecule has 0 saturated carbocycles. The highest BCUT2D eigenvalue weighted by molar-refractivity contribution is 9.10. The van der Waals surface area contributed by atoms with Gasteiger partial charge in [0.25, 0.3) is 5.91 Å². The number of nitrogens with two attached hydrogens (primary N) is 1. The third kappa shape index (κ3) is 2.28. The number of hydrogen-bond donors (Lipinski definition) is 1. The molecule has 1 aliphatic rings. The molecule has 0 spiro atoms. The van der Waals surface area contributed by atoms with Crippen molar-refractivity contribution in [1.82, 2.24) is 4.90 Å². The monoisotopic (exact) mass is 282 g/mol. The summed E-state index contributed by atoms with van der Waals surface area (Å²) in [6, 6.07) is 5.93. The molecule has 0 aromatic heterocycles. The molecule has 1 aliphatic heterocycles. The molecule has 4 heteroatoms. The predicted molar refractivity (Wildman–Crippen MR) is 67.4 cm³/mol. The molecule has 1 aromatic carbocycles. The topological polar surface area (TPSA) is 46.3 Å². The number of hydrogen-bond acceptors (Lipinski definition) is 2. The highest BCUT2D eigenvalue weighted by Crippen LogP contribution is 2.22. The molecule has 0 aliphatic carbocycles. The van der Waals surface area contributed by atoms with Crippen LogP contribution in [0.25, 0.3) is 0 Å². The predicted octanol–water partition coefficient (Wildman–Crippen LogP) is 1.80. The lowest BCUT2D eigenvalue weighted by atomic mass is 10.0. The van der Waals surface area contributed by atoms with Gasteiger partial charge in [-0.05, 0) is 30.5 Å². The van der Waals surface area contributed by atoms with Crippen LogP contribution in [-0.2, 0) is 6.42 Å². The first kappa shape index (κ1) is 11.6. The van der Waals surface area contributed by atoms with E-state index in [4.69, 9.17) is 5.73 Å². The van der Waals surface area contributed by atoms with Gasteiger partial charge in [0.15, 0.2) is 0 Å². The minimum absolute atomic E-state index is 0.110. The summed E-state index contributed by atoms with van der Waals surface area (Å²) in [5.74, 6) is 0.110. The average Bonchev–Trinajstić information content (AvgIpc) is 2.42. The van der Waals surface area contributed by atoms with Crippen LogP contribution in [0.4, 0.5) is 0 Å². The van der Waals surface area contributed by atoms with E-state index in [1.807, 2.05) is 23.1 Å². The highest BCUT2D eigenvalue weighted by atomic mass is 79.9. The Hall–Kier alpha value is -0.870. The third-order valence-electron chi connectivity index (χ3n) is 2.86. The van der Waals surface area contributed by atoms with E-state index in [1.165, 1.54) is 0 Å². The normalized spacial score (nSPS) is 15.9. The molecule has 86 valence electrons. The molecule has 2 N–H and O–H groups in total. The molecule has 3 nitrogen and oxygen atoms in total. The molecule has 0 fully saturated rings. The van der Waals surface area contributed by atoms with E-state index in [9.17, 15) is 4.79 Å². The minimum Gasteiger partial charge on any atom is -0.337 e. The van der Waals surface area contributed by atoms with Crippen molar-refractivity contribution in [1.29, 1.82) is 0 Å². The molecule has 1 aromatic rings. The van der Waals surface area contributed by atoms with Gasteiger partial charge in [0, 0.05) is 29.7 Å². The minimum atomic E-state index is 0.110. The Bertz CT molecular complexity index is 406. The second-order valence-corrected chi connectivity index (χ2v) is 4.90. The number of aryl methyl sites for hydroxylation is 1. The van der Waals surface area contributed by atoms with Gasteiger partial charge in [-0.15, -0.1) is 0 Å². The van der Waals surface area contributed by atoms with Gasteiger partial charge in [-0.2, -0.15) is 0 Å². The molecule has 1 heterocycles. The first-order chi connectivity index (χ1) is 7.72. The van der Waals surface area contributed by atoms with Crippen molar-refractivity contribution in [3.05, 3.63) is 33.8 Å².